The van der Waals surface area contributed by atoms with E-state index in [1.165, 1.54) is 24.4 Å². The van der Waals surface area contributed by atoms with Crippen molar-refractivity contribution in [3.05, 3.63) is 58.0 Å². The first-order chi connectivity index (χ1) is 11.5. The van der Waals surface area contributed by atoms with Gasteiger partial charge in [0.15, 0.2) is 5.78 Å². The highest BCUT2D eigenvalue weighted by atomic mass is 35.5. The van der Waals surface area contributed by atoms with Gasteiger partial charge in [-0.3, -0.25) is 4.79 Å². The van der Waals surface area contributed by atoms with Crippen molar-refractivity contribution in [3.8, 4) is 0 Å². The highest BCUT2D eigenvalue weighted by molar-refractivity contribution is 6.35. The van der Waals surface area contributed by atoms with Gasteiger partial charge in [-0.15, -0.1) is 0 Å². The first-order valence-corrected chi connectivity index (χ1v) is 7.95. The molecule has 130 valence electrons. The van der Waals surface area contributed by atoms with Crippen molar-refractivity contribution < 1.29 is 15.7 Å². The summed E-state index contributed by atoms with van der Waals surface area (Å²) in [5.74, 6) is -0.948. The van der Waals surface area contributed by atoms with Crippen LogP contribution in [0.3, 0.4) is 0 Å². The lowest BCUT2D eigenvalue weighted by Crippen LogP contribution is -2.25. The number of anilines is 1. The van der Waals surface area contributed by atoms with Gasteiger partial charge in [0.25, 0.3) is 0 Å². The smallest absolute Gasteiger partial charge is 0.199 e. The first kappa shape index (κ1) is 18.3. The van der Waals surface area contributed by atoms with Crippen molar-refractivity contribution in [2.24, 2.45) is 0 Å². The standard InChI is InChI=1S/C17H19ClFN3O2.H2/c1-2-13(21-7-8-23)11-4-5-12(18)15(16(11)19)17(24)10-3-6-14(20)22-9-10;/h3-6,9,13,21,23H,2,7-8H2,1H3,(H2,20,22);1H/t13-;/m0./s1. The van der Waals surface area contributed by atoms with Crippen molar-refractivity contribution >= 4 is 23.2 Å². The van der Waals surface area contributed by atoms with Gasteiger partial charge in [-0.05, 0) is 24.6 Å². The number of hydrogen-bond donors (Lipinski definition) is 3. The zero-order chi connectivity index (χ0) is 17.7. The van der Waals surface area contributed by atoms with Gasteiger partial charge in [0.2, 0.25) is 0 Å². The molecule has 0 saturated carbocycles. The molecule has 0 fully saturated rings. The second-order valence-electron chi connectivity index (χ2n) is 5.27. The van der Waals surface area contributed by atoms with Crippen LogP contribution in [0.15, 0.2) is 30.5 Å². The number of nitrogens with zero attached hydrogens (tertiary/aromatic N) is 1. The van der Waals surface area contributed by atoms with E-state index in [9.17, 15) is 9.18 Å². The molecule has 1 aromatic carbocycles. The summed E-state index contributed by atoms with van der Waals surface area (Å²) in [7, 11) is 0. The van der Waals surface area contributed by atoms with Crippen LogP contribution in [0.25, 0.3) is 0 Å². The fourth-order valence-corrected chi connectivity index (χ4v) is 2.67. The van der Waals surface area contributed by atoms with Crippen molar-refractivity contribution in [1.29, 1.82) is 0 Å². The Bertz CT molecular complexity index is 729. The predicted octanol–water partition coefficient (Wildman–Crippen LogP) is 2.97. The van der Waals surface area contributed by atoms with E-state index in [0.29, 0.717) is 18.5 Å². The van der Waals surface area contributed by atoms with E-state index >= 15 is 0 Å². The van der Waals surface area contributed by atoms with Crippen LogP contribution in [0.4, 0.5) is 10.2 Å². The summed E-state index contributed by atoms with van der Waals surface area (Å²) in [6, 6.07) is 5.68. The number of pyridine rings is 1. The lowest BCUT2D eigenvalue weighted by molar-refractivity contribution is 0.103. The number of aliphatic hydroxyl groups excluding tert-OH is 1. The number of ketones is 1. The van der Waals surface area contributed by atoms with Crippen molar-refractivity contribution in [3.63, 3.8) is 0 Å². The Morgan fingerprint density at radius 3 is 2.79 bits per heavy atom. The van der Waals surface area contributed by atoms with Crippen molar-refractivity contribution in [2.75, 3.05) is 18.9 Å². The fourth-order valence-electron chi connectivity index (χ4n) is 2.44. The second-order valence-corrected chi connectivity index (χ2v) is 5.67. The molecular formula is C17H21ClFN3O2. The SMILES string of the molecule is CC[C@H](NCCO)c1ccc(Cl)c(C(=O)c2ccc(N)nc2)c1F.[HH]. The number of rotatable bonds is 7. The third-order valence-electron chi connectivity index (χ3n) is 3.68. The van der Waals surface area contributed by atoms with Gasteiger partial charge in [0, 0.05) is 31.3 Å². The minimum Gasteiger partial charge on any atom is -0.395 e. The number of nitrogens with two attached hydrogens (primary N) is 1. The molecule has 1 atom stereocenters. The zero-order valence-electron chi connectivity index (χ0n) is 13.2. The third kappa shape index (κ3) is 3.90. The van der Waals surface area contributed by atoms with Crippen LogP contribution < -0.4 is 11.1 Å². The number of benzene rings is 1. The summed E-state index contributed by atoms with van der Waals surface area (Å²) in [4.78, 5) is 16.5. The van der Waals surface area contributed by atoms with Crippen LogP contribution in [0.1, 0.15) is 42.3 Å². The van der Waals surface area contributed by atoms with Gasteiger partial charge in [0.1, 0.15) is 11.6 Å². The van der Waals surface area contributed by atoms with Crippen LogP contribution in [0, 0.1) is 5.82 Å². The van der Waals surface area contributed by atoms with E-state index < -0.39 is 11.6 Å². The van der Waals surface area contributed by atoms with Gasteiger partial charge < -0.3 is 16.2 Å². The Labute approximate surface area is 146 Å². The molecule has 7 heteroatoms. The number of halogens is 2. The van der Waals surface area contributed by atoms with Crippen LogP contribution in [-0.4, -0.2) is 29.0 Å². The highest BCUT2D eigenvalue weighted by Crippen LogP contribution is 2.29. The highest BCUT2D eigenvalue weighted by Gasteiger charge is 2.24. The molecule has 0 aliphatic heterocycles. The molecule has 5 nitrogen and oxygen atoms in total. The van der Waals surface area contributed by atoms with E-state index in [-0.39, 0.29) is 36.0 Å². The maximum absolute atomic E-state index is 15.0. The Morgan fingerprint density at radius 2 is 2.21 bits per heavy atom. The van der Waals surface area contributed by atoms with Crippen molar-refractivity contribution in [2.45, 2.75) is 19.4 Å². The molecule has 1 heterocycles. The minimum absolute atomic E-state index is 0. The van der Waals surface area contributed by atoms with Crippen LogP contribution in [0.5, 0.6) is 0 Å². The van der Waals surface area contributed by atoms with E-state index in [1.807, 2.05) is 6.92 Å². The Hall–Kier alpha value is -2.02. The molecule has 4 N–H and O–H groups in total. The number of nitrogens with one attached hydrogen (secondary N) is 1. The molecule has 2 rings (SSSR count). The number of carbonyl (C=O) groups excluding carboxylic acids is 1. The van der Waals surface area contributed by atoms with E-state index in [0.717, 1.165) is 0 Å². The van der Waals surface area contributed by atoms with E-state index in [2.05, 4.69) is 10.3 Å². The molecule has 1 aromatic heterocycles. The topological polar surface area (TPSA) is 88.2 Å². The lowest BCUT2D eigenvalue weighted by Gasteiger charge is -2.19. The summed E-state index contributed by atoms with van der Waals surface area (Å²) in [5, 5.41) is 12.0. The number of nitrogen functional groups attached to an aromatic ring is 1. The molecule has 0 aliphatic rings. The summed E-state index contributed by atoms with van der Waals surface area (Å²) in [6.07, 6.45) is 1.89. The number of carbonyl (C=O) groups is 1. The van der Waals surface area contributed by atoms with Crippen LogP contribution in [-0.2, 0) is 0 Å². The molecule has 24 heavy (non-hydrogen) atoms. The molecule has 0 unspecified atom stereocenters. The quantitative estimate of drug-likeness (QED) is 0.666. The fraction of sp³-hybridized carbons (Fsp3) is 0.294. The Kier molecular flexibility index (Phi) is 6.25. The molecule has 0 aliphatic carbocycles. The number of hydrogen-bond acceptors (Lipinski definition) is 5. The summed E-state index contributed by atoms with van der Waals surface area (Å²) >= 11 is 6.06. The van der Waals surface area contributed by atoms with E-state index in [4.69, 9.17) is 22.4 Å². The molecular weight excluding hydrogens is 333 g/mol. The van der Waals surface area contributed by atoms with Gasteiger partial charge in [-0.2, -0.15) is 0 Å². The van der Waals surface area contributed by atoms with Crippen molar-refractivity contribution in [1.82, 2.24) is 10.3 Å². The third-order valence-corrected chi connectivity index (χ3v) is 4.00. The minimum atomic E-state index is -0.665. The Morgan fingerprint density at radius 1 is 1.46 bits per heavy atom. The zero-order valence-corrected chi connectivity index (χ0v) is 14.0. The van der Waals surface area contributed by atoms with E-state index in [1.54, 1.807) is 6.07 Å². The molecule has 0 radical (unpaired) electrons. The van der Waals surface area contributed by atoms with Gasteiger partial charge >= 0.3 is 0 Å². The second kappa shape index (κ2) is 8.19. The predicted molar refractivity (Wildman–Crippen MR) is 93.7 cm³/mol. The molecule has 0 amide bonds. The maximum atomic E-state index is 15.0. The number of aromatic nitrogens is 1. The monoisotopic (exact) mass is 353 g/mol. The molecule has 2 aromatic rings. The first-order valence-electron chi connectivity index (χ1n) is 7.58. The Balaban J connectivity index is 0.00000312. The number of aliphatic hydroxyl groups is 1. The molecule has 0 spiro atoms. The van der Waals surface area contributed by atoms with Gasteiger partial charge in [-0.1, -0.05) is 24.6 Å². The summed E-state index contributed by atoms with van der Waals surface area (Å²) in [6.45, 7) is 2.15. The maximum Gasteiger partial charge on any atom is 0.199 e. The lowest BCUT2D eigenvalue weighted by atomic mass is 9.96. The summed E-state index contributed by atoms with van der Waals surface area (Å²) < 4.78 is 15.0. The summed E-state index contributed by atoms with van der Waals surface area (Å²) in [5.41, 5.74) is 5.85. The average molecular weight is 354 g/mol. The average Bonchev–Trinajstić information content (AvgIpc) is 2.57. The normalized spacial score (nSPS) is 12.2. The van der Waals surface area contributed by atoms with Gasteiger partial charge in [-0.25, -0.2) is 9.37 Å². The molecule has 0 saturated heterocycles. The van der Waals surface area contributed by atoms with Crippen LogP contribution in [0.2, 0.25) is 5.02 Å². The molecule has 0 bridgehead atoms. The largest absolute Gasteiger partial charge is 0.395 e. The van der Waals surface area contributed by atoms with Crippen LogP contribution >= 0.6 is 11.6 Å². The van der Waals surface area contributed by atoms with Gasteiger partial charge in [0.05, 0.1) is 17.2 Å².